The Bertz CT molecular complexity index is 407. The number of carboxylic acid groups (broad SMARTS) is 1. The normalized spacial score (nSPS) is 20.4. The van der Waals surface area contributed by atoms with Gasteiger partial charge >= 0.3 is 12.1 Å². The first-order valence-electron chi connectivity index (χ1n) is 4.79. The minimum atomic E-state index is -1.04. The highest BCUT2D eigenvalue weighted by Crippen LogP contribution is 2.22. The first-order valence-corrected chi connectivity index (χ1v) is 4.79. The number of amides is 1. The Morgan fingerprint density at radius 1 is 1.62 bits per heavy atom. The predicted octanol–water partition coefficient (Wildman–Crippen LogP) is 0.882. The summed E-state index contributed by atoms with van der Waals surface area (Å²) < 4.78 is 4.82. The Morgan fingerprint density at radius 2 is 2.44 bits per heavy atom. The molecule has 84 valence electrons. The van der Waals surface area contributed by atoms with Crippen LogP contribution in [0.4, 0.5) is 10.5 Å². The van der Waals surface area contributed by atoms with E-state index in [-0.39, 0.29) is 13.0 Å². The van der Waals surface area contributed by atoms with Gasteiger partial charge in [0.05, 0.1) is 18.5 Å². The van der Waals surface area contributed by atoms with Crippen molar-refractivity contribution in [1.82, 2.24) is 4.98 Å². The molecule has 16 heavy (non-hydrogen) atoms. The van der Waals surface area contributed by atoms with Gasteiger partial charge in [-0.2, -0.15) is 0 Å². The van der Waals surface area contributed by atoms with Crippen molar-refractivity contribution in [3.8, 4) is 0 Å². The lowest BCUT2D eigenvalue weighted by Gasteiger charge is -2.31. The number of ether oxygens (including phenoxy) is 1. The van der Waals surface area contributed by atoms with Gasteiger partial charge in [0.2, 0.25) is 0 Å². The second-order valence-corrected chi connectivity index (χ2v) is 3.34. The lowest BCUT2D eigenvalue weighted by Crippen LogP contribution is -2.50. The summed E-state index contributed by atoms with van der Waals surface area (Å²) in [6.45, 7) is 0.132. The van der Waals surface area contributed by atoms with Crippen LogP contribution in [-0.2, 0) is 9.53 Å². The van der Waals surface area contributed by atoms with E-state index >= 15 is 0 Å². The maximum atomic E-state index is 11.5. The molecule has 1 aromatic rings. The second-order valence-electron chi connectivity index (χ2n) is 3.34. The van der Waals surface area contributed by atoms with E-state index in [4.69, 9.17) is 9.84 Å². The van der Waals surface area contributed by atoms with Crippen LogP contribution in [0, 0.1) is 0 Å². The van der Waals surface area contributed by atoms with Crippen molar-refractivity contribution in [2.75, 3.05) is 11.5 Å². The van der Waals surface area contributed by atoms with Gasteiger partial charge in [-0.25, -0.2) is 9.59 Å². The molecule has 1 amide bonds. The van der Waals surface area contributed by atoms with Gasteiger partial charge in [0, 0.05) is 12.6 Å². The number of hydrogen-bond acceptors (Lipinski definition) is 4. The second kappa shape index (κ2) is 4.18. The molecule has 0 aliphatic carbocycles. The molecule has 6 nitrogen and oxygen atoms in total. The predicted molar refractivity (Wildman–Crippen MR) is 54.1 cm³/mol. The molecule has 1 saturated heterocycles. The molecule has 0 bridgehead atoms. The summed E-state index contributed by atoms with van der Waals surface area (Å²) >= 11 is 0. The number of nitrogens with zero attached hydrogens (tertiary/aromatic N) is 2. The number of pyridine rings is 1. The summed E-state index contributed by atoms with van der Waals surface area (Å²) in [6.07, 6.45) is 2.61. The molecule has 1 fully saturated rings. The van der Waals surface area contributed by atoms with Gasteiger partial charge in [-0.1, -0.05) is 0 Å². The molecule has 0 spiro atoms. The molecule has 2 heterocycles. The zero-order chi connectivity index (χ0) is 11.5. The lowest BCUT2D eigenvalue weighted by atomic mass is 10.1. The number of hydrogen-bond donors (Lipinski definition) is 1. The Morgan fingerprint density at radius 3 is 3.06 bits per heavy atom. The maximum absolute atomic E-state index is 11.5. The van der Waals surface area contributed by atoms with Gasteiger partial charge in [-0.05, 0) is 12.1 Å². The van der Waals surface area contributed by atoms with Crippen molar-refractivity contribution in [2.45, 2.75) is 12.5 Å². The highest BCUT2D eigenvalue weighted by atomic mass is 16.6. The molecule has 1 atom stereocenters. The first-order chi connectivity index (χ1) is 7.70. The number of cyclic esters (lactones) is 1. The zero-order valence-corrected chi connectivity index (χ0v) is 8.37. The first kappa shape index (κ1) is 10.4. The number of rotatable bonds is 2. The van der Waals surface area contributed by atoms with Crippen LogP contribution in [0.2, 0.25) is 0 Å². The third-order valence-corrected chi connectivity index (χ3v) is 2.33. The molecule has 1 N–H and O–H groups in total. The number of carbonyl (C=O) groups is 2. The molecular weight excluding hydrogens is 212 g/mol. The van der Waals surface area contributed by atoms with Gasteiger partial charge < -0.3 is 9.84 Å². The molecular formula is C10H10N2O4. The topological polar surface area (TPSA) is 79.7 Å². The number of aliphatic carboxylic acids is 1. The quantitative estimate of drug-likeness (QED) is 0.803. The maximum Gasteiger partial charge on any atom is 0.415 e. The average Bonchev–Trinajstić information content (AvgIpc) is 2.29. The van der Waals surface area contributed by atoms with Gasteiger partial charge in [0.1, 0.15) is 6.04 Å². The van der Waals surface area contributed by atoms with Crippen molar-refractivity contribution >= 4 is 17.7 Å². The van der Waals surface area contributed by atoms with E-state index in [1.54, 1.807) is 18.3 Å². The van der Waals surface area contributed by atoms with Crippen molar-refractivity contribution in [3.05, 3.63) is 24.5 Å². The van der Waals surface area contributed by atoms with E-state index in [2.05, 4.69) is 4.98 Å². The van der Waals surface area contributed by atoms with Gasteiger partial charge in [-0.3, -0.25) is 9.88 Å². The van der Waals surface area contributed by atoms with E-state index in [0.717, 1.165) is 4.90 Å². The minimum Gasteiger partial charge on any atom is -0.480 e. The Hall–Kier alpha value is -2.11. The fourth-order valence-corrected chi connectivity index (χ4v) is 1.60. The van der Waals surface area contributed by atoms with Crippen molar-refractivity contribution in [3.63, 3.8) is 0 Å². The zero-order valence-electron chi connectivity index (χ0n) is 8.37. The summed E-state index contributed by atoms with van der Waals surface area (Å²) in [5.41, 5.74) is 0.430. The van der Waals surface area contributed by atoms with Crippen LogP contribution in [0.3, 0.4) is 0 Å². The SMILES string of the molecule is O=C(O)C1CCOC(=O)N1c1cccnc1. The summed E-state index contributed by atoms with van der Waals surface area (Å²) in [7, 11) is 0. The third kappa shape index (κ3) is 1.81. The van der Waals surface area contributed by atoms with Crippen LogP contribution >= 0.6 is 0 Å². The fourth-order valence-electron chi connectivity index (χ4n) is 1.60. The van der Waals surface area contributed by atoms with E-state index in [0.29, 0.717) is 5.69 Å². The Balaban J connectivity index is 2.34. The largest absolute Gasteiger partial charge is 0.480 e. The molecule has 1 aliphatic rings. The highest BCUT2D eigenvalue weighted by molar-refractivity contribution is 5.95. The summed E-state index contributed by atoms with van der Waals surface area (Å²) in [4.78, 5) is 27.5. The summed E-state index contributed by atoms with van der Waals surface area (Å²) in [6, 6.07) is 2.37. The molecule has 0 aromatic carbocycles. The summed E-state index contributed by atoms with van der Waals surface area (Å²) in [5, 5.41) is 9.02. The molecule has 0 saturated carbocycles. The highest BCUT2D eigenvalue weighted by Gasteiger charge is 2.35. The number of anilines is 1. The standard InChI is InChI=1S/C10H10N2O4/c13-9(14)8-3-5-16-10(15)12(8)7-2-1-4-11-6-7/h1-2,4,6,8H,3,5H2,(H,13,14). The average molecular weight is 222 g/mol. The monoisotopic (exact) mass is 222 g/mol. The van der Waals surface area contributed by atoms with Crippen molar-refractivity contribution in [2.24, 2.45) is 0 Å². The van der Waals surface area contributed by atoms with Crippen LogP contribution in [0.15, 0.2) is 24.5 Å². The van der Waals surface area contributed by atoms with Gasteiger partial charge in [0.25, 0.3) is 0 Å². The van der Waals surface area contributed by atoms with Crippen LogP contribution in [0.25, 0.3) is 0 Å². The number of aromatic nitrogens is 1. The van der Waals surface area contributed by atoms with Crippen LogP contribution in [-0.4, -0.2) is 34.8 Å². The smallest absolute Gasteiger partial charge is 0.415 e. The van der Waals surface area contributed by atoms with Crippen LogP contribution < -0.4 is 4.90 Å². The molecule has 6 heteroatoms. The van der Waals surface area contributed by atoms with E-state index < -0.39 is 18.1 Å². The van der Waals surface area contributed by atoms with Crippen LogP contribution in [0.5, 0.6) is 0 Å². The van der Waals surface area contributed by atoms with E-state index in [1.807, 2.05) is 0 Å². The molecule has 1 aromatic heterocycles. The van der Waals surface area contributed by atoms with E-state index in [1.165, 1.54) is 6.20 Å². The van der Waals surface area contributed by atoms with Gasteiger partial charge in [0.15, 0.2) is 0 Å². The van der Waals surface area contributed by atoms with E-state index in [9.17, 15) is 9.59 Å². The Labute approximate surface area is 91.5 Å². The number of carboxylic acids is 1. The molecule has 1 unspecified atom stereocenters. The number of carbonyl (C=O) groups excluding carboxylic acids is 1. The Kier molecular flexibility index (Phi) is 2.72. The van der Waals surface area contributed by atoms with Gasteiger partial charge in [-0.15, -0.1) is 0 Å². The van der Waals surface area contributed by atoms with Crippen LogP contribution in [0.1, 0.15) is 6.42 Å². The minimum absolute atomic E-state index is 0.132. The molecule has 0 radical (unpaired) electrons. The molecule has 2 rings (SSSR count). The molecule has 1 aliphatic heterocycles. The van der Waals surface area contributed by atoms with Crippen molar-refractivity contribution in [1.29, 1.82) is 0 Å². The lowest BCUT2D eigenvalue weighted by molar-refractivity contribution is -0.139. The fraction of sp³-hybridized carbons (Fsp3) is 0.300. The van der Waals surface area contributed by atoms with Crippen molar-refractivity contribution < 1.29 is 19.4 Å². The summed E-state index contributed by atoms with van der Waals surface area (Å²) in [5.74, 6) is -1.04. The third-order valence-electron chi connectivity index (χ3n) is 2.33.